The molecule has 0 spiro atoms. The van der Waals surface area contributed by atoms with E-state index in [2.05, 4.69) is 13.8 Å². The summed E-state index contributed by atoms with van der Waals surface area (Å²) in [5.41, 5.74) is 0. The molecule has 0 saturated heterocycles. The van der Waals surface area contributed by atoms with Crippen LogP contribution in [0.5, 0.6) is 0 Å². The highest BCUT2D eigenvalue weighted by Gasteiger charge is 1.92. The number of rotatable bonds is 14. The van der Waals surface area contributed by atoms with Crippen molar-refractivity contribution in [2.24, 2.45) is 0 Å². The van der Waals surface area contributed by atoms with Crippen LogP contribution < -0.4 is 0 Å². The zero-order valence-corrected chi connectivity index (χ0v) is 13.3. The molecule has 17 heavy (non-hydrogen) atoms. The molecular weight excluding hydrogens is 248 g/mol. The van der Waals surface area contributed by atoms with E-state index in [1.807, 2.05) is 23.5 Å². The average Bonchev–Trinajstić information content (AvgIpc) is 2.35. The monoisotopic (exact) mass is 278 g/mol. The lowest BCUT2D eigenvalue weighted by atomic mass is 10.2. The van der Waals surface area contributed by atoms with Gasteiger partial charge in [0.25, 0.3) is 0 Å². The van der Waals surface area contributed by atoms with Gasteiger partial charge in [-0.15, -0.1) is 0 Å². The molecule has 104 valence electrons. The predicted octanol–water partition coefficient (Wildman–Crippen LogP) is 4.85. The molecule has 1 nitrogen and oxygen atoms in total. The fraction of sp³-hybridized carbons (Fsp3) is 1.00. The lowest BCUT2D eigenvalue weighted by Crippen LogP contribution is -1.97. The lowest BCUT2D eigenvalue weighted by molar-refractivity contribution is 0.126. The molecule has 0 saturated carbocycles. The summed E-state index contributed by atoms with van der Waals surface area (Å²) >= 11 is 4.09. The molecule has 0 rings (SSSR count). The molecule has 0 unspecified atom stereocenters. The van der Waals surface area contributed by atoms with Gasteiger partial charge in [-0.25, -0.2) is 0 Å². The van der Waals surface area contributed by atoms with Gasteiger partial charge in [0, 0.05) is 13.2 Å². The summed E-state index contributed by atoms with van der Waals surface area (Å²) in [4.78, 5) is 0. The molecule has 0 amide bonds. The number of unbranched alkanes of at least 4 members (excludes halogenated alkanes) is 4. The van der Waals surface area contributed by atoms with Crippen molar-refractivity contribution in [1.82, 2.24) is 0 Å². The maximum absolute atomic E-state index is 5.63. The van der Waals surface area contributed by atoms with E-state index in [-0.39, 0.29) is 0 Å². The molecule has 0 aliphatic rings. The van der Waals surface area contributed by atoms with E-state index in [1.165, 1.54) is 61.5 Å². The van der Waals surface area contributed by atoms with Gasteiger partial charge in [-0.1, -0.05) is 26.7 Å². The van der Waals surface area contributed by atoms with E-state index in [1.54, 1.807) is 0 Å². The summed E-state index contributed by atoms with van der Waals surface area (Å²) in [5, 5.41) is 0. The predicted molar refractivity (Wildman–Crippen MR) is 84.5 cm³/mol. The first-order valence-corrected chi connectivity index (χ1v) is 9.46. The zero-order valence-electron chi connectivity index (χ0n) is 11.7. The molecule has 0 aromatic heterocycles. The summed E-state index contributed by atoms with van der Waals surface area (Å²) in [6.45, 7) is 6.40. The lowest BCUT2D eigenvalue weighted by Gasteiger charge is -2.04. The van der Waals surface area contributed by atoms with Crippen molar-refractivity contribution >= 4 is 23.5 Å². The molecule has 0 radical (unpaired) electrons. The Morgan fingerprint density at radius 1 is 0.647 bits per heavy atom. The Bertz CT molecular complexity index is 117. The molecular formula is C14H30OS2. The fourth-order valence-electron chi connectivity index (χ4n) is 1.56. The van der Waals surface area contributed by atoms with Crippen LogP contribution in [0.3, 0.4) is 0 Å². The van der Waals surface area contributed by atoms with Gasteiger partial charge >= 0.3 is 0 Å². The number of hydrogen-bond acceptors (Lipinski definition) is 3. The molecule has 0 atom stereocenters. The second kappa shape index (κ2) is 16.7. The van der Waals surface area contributed by atoms with Gasteiger partial charge in [-0.2, -0.15) is 23.5 Å². The highest BCUT2D eigenvalue weighted by atomic mass is 32.2. The first kappa shape index (κ1) is 17.7. The van der Waals surface area contributed by atoms with Gasteiger partial charge in [0.2, 0.25) is 0 Å². The summed E-state index contributed by atoms with van der Waals surface area (Å²) in [5.74, 6) is 5.16. The van der Waals surface area contributed by atoms with Crippen molar-refractivity contribution in [3.63, 3.8) is 0 Å². The van der Waals surface area contributed by atoms with Gasteiger partial charge in [0.1, 0.15) is 0 Å². The van der Waals surface area contributed by atoms with Crippen LogP contribution in [0.1, 0.15) is 52.4 Å². The second-order valence-corrected chi connectivity index (χ2v) is 6.92. The molecule has 0 N–H and O–H groups in total. The minimum absolute atomic E-state index is 0.973. The molecule has 3 heteroatoms. The second-order valence-electron chi connectivity index (χ2n) is 4.13. The number of hydrogen-bond donors (Lipinski definition) is 0. The van der Waals surface area contributed by atoms with E-state index >= 15 is 0 Å². The van der Waals surface area contributed by atoms with Gasteiger partial charge in [0.05, 0.1) is 0 Å². The van der Waals surface area contributed by atoms with E-state index in [0.717, 1.165) is 13.2 Å². The third-order valence-corrected chi connectivity index (χ3v) is 4.53. The van der Waals surface area contributed by atoms with Crippen LogP contribution >= 0.6 is 23.5 Å². The minimum atomic E-state index is 0.973. The average molecular weight is 279 g/mol. The Morgan fingerprint density at radius 3 is 1.53 bits per heavy atom. The maximum Gasteiger partial charge on any atom is 0.0466 e. The highest BCUT2D eigenvalue weighted by molar-refractivity contribution is 7.99. The SMILES string of the molecule is CCSCCCCCOCCCCCSCC. The van der Waals surface area contributed by atoms with Crippen LogP contribution in [-0.4, -0.2) is 36.2 Å². The van der Waals surface area contributed by atoms with E-state index in [0.29, 0.717) is 0 Å². The van der Waals surface area contributed by atoms with Gasteiger partial charge in [-0.3, -0.25) is 0 Å². The first-order chi connectivity index (χ1) is 8.41. The zero-order chi connectivity index (χ0) is 12.6. The largest absolute Gasteiger partial charge is 0.381 e. The van der Waals surface area contributed by atoms with Crippen LogP contribution in [-0.2, 0) is 4.74 Å². The topological polar surface area (TPSA) is 9.23 Å². The smallest absolute Gasteiger partial charge is 0.0466 e. The minimum Gasteiger partial charge on any atom is -0.381 e. The molecule has 0 bridgehead atoms. The first-order valence-electron chi connectivity index (χ1n) is 7.15. The Labute approximate surface area is 117 Å². The van der Waals surface area contributed by atoms with E-state index in [9.17, 15) is 0 Å². The van der Waals surface area contributed by atoms with Crippen molar-refractivity contribution in [2.45, 2.75) is 52.4 Å². The third-order valence-electron chi connectivity index (χ3n) is 2.56. The Morgan fingerprint density at radius 2 is 1.12 bits per heavy atom. The standard InChI is InChI=1S/C14H30OS2/c1-3-16-13-9-5-7-11-15-12-8-6-10-14-17-4-2/h3-14H2,1-2H3. The number of ether oxygens (including phenoxy) is 1. The van der Waals surface area contributed by atoms with Crippen molar-refractivity contribution in [3.8, 4) is 0 Å². The summed E-state index contributed by atoms with van der Waals surface area (Å²) in [6.07, 6.45) is 7.87. The van der Waals surface area contributed by atoms with Crippen molar-refractivity contribution < 1.29 is 4.74 Å². The van der Waals surface area contributed by atoms with Crippen molar-refractivity contribution in [3.05, 3.63) is 0 Å². The fourth-order valence-corrected chi connectivity index (χ4v) is 2.95. The normalized spacial score (nSPS) is 10.9. The molecule has 0 aliphatic heterocycles. The molecule has 0 heterocycles. The molecule has 0 fully saturated rings. The van der Waals surface area contributed by atoms with E-state index < -0.39 is 0 Å². The number of thioether (sulfide) groups is 2. The van der Waals surface area contributed by atoms with Gasteiger partial charge in [-0.05, 0) is 48.7 Å². The summed E-state index contributed by atoms with van der Waals surface area (Å²) in [7, 11) is 0. The van der Waals surface area contributed by atoms with Crippen LogP contribution in [0.4, 0.5) is 0 Å². The molecule has 0 aromatic carbocycles. The summed E-state index contributed by atoms with van der Waals surface area (Å²) < 4.78 is 5.63. The van der Waals surface area contributed by atoms with Crippen molar-refractivity contribution in [2.75, 3.05) is 36.2 Å². The van der Waals surface area contributed by atoms with Crippen LogP contribution in [0.25, 0.3) is 0 Å². The third kappa shape index (κ3) is 16.7. The van der Waals surface area contributed by atoms with Crippen molar-refractivity contribution in [1.29, 1.82) is 0 Å². The molecule has 0 aromatic rings. The van der Waals surface area contributed by atoms with Crippen LogP contribution in [0.15, 0.2) is 0 Å². The van der Waals surface area contributed by atoms with Gasteiger partial charge < -0.3 is 4.74 Å². The van der Waals surface area contributed by atoms with E-state index in [4.69, 9.17) is 4.74 Å². The van der Waals surface area contributed by atoms with Crippen LogP contribution in [0, 0.1) is 0 Å². The summed E-state index contributed by atoms with van der Waals surface area (Å²) in [6, 6.07) is 0. The Hall–Kier alpha value is 0.660. The van der Waals surface area contributed by atoms with Gasteiger partial charge in [0.15, 0.2) is 0 Å². The Balaban J connectivity index is 2.85. The quantitative estimate of drug-likeness (QED) is 0.420. The molecule has 0 aliphatic carbocycles. The Kier molecular flexibility index (Phi) is 17.3. The highest BCUT2D eigenvalue weighted by Crippen LogP contribution is 2.07. The maximum atomic E-state index is 5.63. The van der Waals surface area contributed by atoms with Crippen LogP contribution in [0.2, 0.25) is 0 Å².